The van der Waals surface area contributed by atoms with Gasteiger partial charge in [0.05, 0.1) is 6.54 Å². The molecule has 0 aliphatic heterocycles. The fourth-order valence-corrected chi connectivity index (χ4v) is 2.13. The summed E-state index contributed by atoms with van der Waals surface area (Å²) in [5, 5.41) is 10.6. The van der Waals surface area contributed by atoms with Crippen LogP contribution in [0.2, 0.25) is 5.02 Å². The number of carbonyl (C=O) groups is 1. The summed E-state index contributed by atoms with van der Waals surface area (Å²) in [7, 11) is 4.02. The molecule has 2 rings (SSSR count). The predicted molar refractivity (Wildman–Crippen MR) is 92.8 cm³/mol. The predicted octanol–water partition coefficient (Wildman–Crippen LogP) is 2.73. The minimum absolute atomic E-state index is 0.282. The third kappa shape index (κ3) is 5.58. The van der Waals surface area contributed by atoms with Gasteiger partial charge in [-0.2, -0.15) is 5.10 Å². The summed E-state index contributed by atoms with van der Waals surface area (Å²) >= 11 is 5.98. The zero-order valence-electron chi connectivity index (χ0n) is 13.6. The van der Waals surface area contributed by atoms with Gasteiger partial charge in [-0.1, -0.05) is 23.7 Å². The minimum atomic E-state index is -0.282. The maximum Gasteiger partial charge on any atom is 0.320 e. The summed E-state index contributed by atoms with van der Waals surface area (Å²) < 4.78 is 1.80. The van der Waals surface area contributed by atoms with Crippen molar-refractivity contribution >= 4 is 23.4 Å². The van der Waals surface area contributed by atoms with Crippen molar-refractivity contribution in [3.63, 3.8) is 0 Å². The third-order valence-electron chi connectivity index (χ3n) is 3.33. The molecule has 0 atom stereocenters. The van der Waals surface area contributed by atoms with Crippen LogP contribution in [0.25, 0.3) is 0 Å². The highest BCUT2D eigenvalue weighted by molar-refractivity contribution is 6.31. The van der Waals surface area contributed by atoms with E-state index in [1.54, 1.807) is 10.7 Å². The molecule has 0 radical (unpaired) electrons. The van der Waals surface area contributed by atoms with E-state index in [2.05, 4.69) is 20.6 Å². The van der Waals surface area contributed by atoms with Crippen LogP contribution in [0.15, 0.2) is 30.5 Å². The van der Waals surface area contributed by atoms with E-state index in [9.17, 15) is 4.79 Å². The van der Waals surface area contributed by atoms with E-state index in [0.717, 1.165) is 29.2 Å². The molecule has 0 saturated carbocycles. The molecule has 7 heteroatoms. The summed E-state index contributed by atoms with van der Waals surface area (Å²) in [4.78, 5) is 14.0. The van der Waals surface area contributed by atoms with Gasteiger partial charge in [0, 0.05) is 30.4 Å². The van der Waals surface area contributed by atoms with Crippen molar-refractivity contribution in [1.29, 1.82) is 0 Å². The van der Waals surface area contributed by atoms with Crippen molar-refractivity contribution in [3.8, 4) is 0 Å². The number of likely N-dealkylation sites (N-methyl/N-ethyl adjacent to an activating group) is 1. The van der Waals surface area contributed by atoms with Gasteiger partial charge in [-0.3, -0.25) is 10.00 Å². The van der Waals surface area contributed by atoms with Crippen LogP contribution < -0.4 is 10.6 Å². The first-order valence-electron chi connectivity index (χ1n) is 7.42. The van der Waals surface area contributed by atoms with E-state index in [-0.39, 0.29) is 6.03 Å². The standard InChI is InChI=1S/C16H22ClN5O/c1-12-10-13(4-5-14(12)17)11-18-16(23)19-15-6-7-22(20-15)9-8-21(2)3/h4-7,10H,8-9,11H2,1-3H3,(H2,18,19,20,23). The van der Waals surface area contributed by atoms with Crippen molar-refractivity contribution in [2.45, 2.75) is 20.0 Å². The van der Waals surface area contributed by atoms with Crippen LogP contribution in [0.4, 0.5) is 10.6 Å². The number of benzene rings is 1. The highest BCUT2D eigenvalue weighted by Gasteiger charge is 2.05. The molecule has 0 saturated heterocycles. The topological polar surface area (TPSA) is 62.2 Å². The average molecular weight is 336 g/mol. The van der Waals surface area contributed by atoms with Crippen molar-refractivity contribution in [1.82, 2.24) is 20.0 Å². The summed E-state index contributed by atoms with van der Waals surface area (Å²) in [6.45, 7) is 4.04. The van der Waals surface area contributed by atoms with Gasteiger partial charge in [0.15, 0.2) is 5.82 Å². The van der Waals surface area contributed by atoms with Gasteiger partial charge >= 0.3 is 6.03 Å². The second kappa shape index (κ2) is 7.99. The van der Waals surface area contributed by atoms with Crippen molar-refractivity contribution in [2.24, 2.45) is 0 Å². The molecular formula is C16H22ClN5O. The van der Waals surface area contributed by atoms with E-state index in [1.807, 2.05) is 45.4 Å². The first-order valence-corrected chi connectivity index (χ1v) is 7.80. The normalized spacial score (nSPS) is 10.8. The molecule has 23 heavy (non-hydrogen) atoms. The van der Waals surface area contributed by atoms with Crippen LogP contribution in [0.3, 0.4) is 0 Å². The molecule has 124 valence electrons. The van der Waals surface area contributed by atoms with E-state index in [1.165, 1.54) is 0 Å². The van der Waals surface area contributed by atoms with Crippen molar-refractivity contribution < 1.29 is 4.79 Å². The first-order chi connectivity index (χ1) is 10.9. The third-order valence-corrected chi connectivity index (χ3v) is 3.76. The van der Waals surface area contributed by atoms with Gasteiger partial charge in [-0.15, -0.1) is 0 Å². The lowest BCUT2D eigenvalue weighted by Gasteiger charge is -2.09. The lowest BCUT2D eigenvalue weighted by atomic mass is 10.1. The molecule has 2 amide bonds. The zero-order chi connectivity index (χ0) is 16.8. The second-order valence-corrected chi connectivity index (χ2v) is 6.07. The Morgan fingerprint density at radius 3 is 2.83 bits per heavy atom. The first kappa shape index (κ1) is 17.3. The maximum atomic E-state index is 11.9. The van der Waals surface area contributed by atoms with Crippen LogP contribution in [0.5, 0.6) is 0 Å². The van der Waals surface area contributed by atoms with Gasteiger partial charge in [0.1, 0.15) is 0 Å². The molecule has 0 aliphatic rings. The number of nitrogens with zero attached hydrogens (tertiary/aromatic N) is 3. The summed E-state index contributed by atoms with van der Waals surface area (Å²) in [5.74, 6) is 0.536. The number of carbonyl (C=O) groups excluding carboxylic acids is 1. The lowest BCUT2D eigenvalue weighted by Crippen LogP contribution is -2.28. The number of urea groups is 1. The Morgan fingerprint density at radius 2 is 2.13 bits per heavy atom. The number of hydrogen-bond donors (Lipinski definition) is 2. The molecule has 2 aromatic rings. The molecule has 0 unspecified atom stereocenters. The summed E-state index contributed by atoms with van der Waals surface area (Å²) in [6, 6.07) is 7.18. The van der Waals surface area contributed by atoms with E-state index >= 15 is 0 Å². The van der Waals surface area contributed by atoms with Crippen LogP contribution >= 0.6 is 11.6 Å². The number of hydrogen-bond acceptors (Lipinski definition) is 3. The van der Waals surface area contributed by atoms with E-state index in [0.29, 0.717) is 12.4 Å². The van der Waals surface area contributed by atoms with E-state index in [4.69, 9.17) is 11.6 Å². The maximum absolute atomic E-state index is 11.9. The van der Waals surface area contributed by atoms with Gasteiger partial charge in [-0.25, -0.2) is 4.79 Å². The number of aromatic nitrogens is 2. The second-order valence-electron chi connectivity index (χ2n) is 5.66. The van der Waals surface area contributed by atoms with Crippen LogP contribution in [-0.2, 0) is 13.1 Å². The molecule has 2 N–H and O–H groups in total. The lowest BCUT2D eigenvalue weighted by molar-refractivity contribution is 0.251. The molecule has 0 spiro atoms. The quantitative estimate of drug-likeness (QED) is 0.853. The van der Waals surface area contributed by atoms with Crippen molar-refractivity contribution in [2.75, 3.05) is 26.0 Å². The fourth-order valence-electron chi connectivity index (χ4n) is 2.01. The highest BCUT2D eigenvalue weighted by Crippen LogP contribution is 2.16. The SMILES string of the molecule is Cc1cc(CNC(=O)Nc2ccn(CCN(C)C)n2)ccc1Cl. The Bertz CT molecular complexity index is 668. The van der Waals surface area contributed by atoms with Gasteiger partial charge in [-0.05, 0) is 38.2 Å². The Kier molecular flexibility index (Phi) is 6.01. The van der Waals surface area contributed by atoms with Crippen LogP contribution in [-0.4, -0.2) is 41.4 Å². The van der Waals surface area contributed by atoms with Crippen LogP contribution in [0.1, 0.15) is 11.1 Å². The van der Waals surface area contributed by atoms with E-state index < -0.39 is 0 Å². The summed E-state index contributed by atoms with van der Waals surface area (Å²) in [6.07, 6.45) is 1.85. The number of amides is 2. The Balaban J connectivity index is 1.81. The molecule has 0 aliphatic carbocycles. The molecule has 6 nitrogen and oxygen atoms in total. The number of rotatable bonds is 6. The Hall–Kier alpha value is -2.05. The fraction of sp³-hybridized carbons (Fsp3) is 0.375. The number of halogens is 1. The van der Waals surface area contributed by atoms with Gasteiger partial charge in [0.2, 0.25) is 0 Å². The van der Waals surface area contributed by atoms with Crippen molar-refractivity contribution in [3.05, 3.63) is 46.6 Å². The molecule has 1 aromatic heterocycles. The van der Waals surface area contributed by atoms with Gasteiger partial charge in [0.25, 0.3) is 0 Å². The smallest absolute Gasteiger partial charge is 0.320 e. The Labute approximate surface area is 141 Å². The molecule has 1 heterocycles. The van der Waals surface area contributed by atoms with Gasteiger partial charge < -0.3 is 10.2 Å². The summed E-state index contributed by atoms with van der Waals surface area (Å²) in [5.41, 5.74) is 1.99. The average Bonchev–Trinajstić information content (AvgIpc) is 2.94. The monoisotopic (exact) mass is 335 g/mol. The largest absolute Gasteiger partial charge is 0.334 e. The molecule has 0 bridgehead atoms. The molecular weight excluding hydrogens is 314 g/mol. The molecule has 0 fully saturated rings. The zero-order valence-corrected chi connectivity index (χ0v) is 14.4. The number of aryl methyl sites for hydroxylation is 1. The number of anilines is 1. The van der Waals surface area contributed by atoms with Crippen LogP contribution in [0, 0.1) is 6.92 Å². The molecule has 1 aromatic carbocycles. The highest BCUT2D eigenvalue weighted by atomic mass is 35.5. The Morgan fingerprint density at radius 1 is 1.35 bits per heavy atom. The number of nitrogens with one attached hydrogen (secondary N) is 2. The minimum Gasteiger partial charge on any atom is -0.334 e.